The van der Waals surface area contributed by atoms with Gasteiger partial charge < -0.3 is 10.3 Å². The second-order valence-electron chi connectivity index (χ2n) is 4.61. The van der Waals surface area contributed by atoms with E-state index in [2.05, 4.69) is 4.98 Å². The summed E-state index contributed by atoms with van der Waals surface area (Å²) in [6.07, 6.45) is 1.73. The predicted molar refractivity (Wildman–Crippen MR) is 63.3 cm³/mol. The van der Waals surface area contributed by atoms with Gasteiger partial charge in [0.1, 0.15) is 0 Å². The number of benzene rings is 1. The number of nitrogens with two attached hydrogens (primary N) is 1. The number of carbonyl (C=O) groups is 1. The zero-order chi connectivity index (χ0) is 11.9. The van der Waals surface area contributed by atoms with Crippen molar-refractivity contribution in [1.82, 2.24) is 9.55 Å². The van der Waals surface area contributed by atoms with Crippen LogP contribution in [-0.2, 0) is 7.05 Å². The molecule has 0 saturated heterocycles. The molecule has 0 unspecified atom stereocenters. The summed E-state index contributed by atoms with van der Waals surface area (Å²) in [6, 6.07) is 5.47. The van der Waals surface area contributed by atoms with E-state index in [1.807, 2.05) is 17.7 Å². The Labute approximate surface area is 94.1 Å². The molecule has 1 heterocycles. The standard InChI is InChI=1S/C12H15N3O/c1-12(2,13)11(16)8-4-5-10-9(6-8)14-7-15(10)3/h4-7H,13H2,1-3H3. The second kappa shape index (κ2) is 3.42. The first kappa shape index (κ1) is 10.8. The predicted octanol–water partition coefficient (Wildman–Crippen LogP) is 1.49. The van der Waals surface area contributed by atoms with Crippen LogP contribution < -0.4 is 5.73 Å². The van der Waals surface area contributed by atoms with Crippen LogP contribution >= 0.6 is 0 Å². The van der Waals surface area contributed by atoms with Gasteiger partial charge in [0.2, 0.25) is 0 Å². The van der Waals surface area contributed by atoms with Gasteiger partial charge in [-0.3, -0.25) is 4.79 Å². The summed E-state index contributed by atoms with van der Waals surface area (Å²) in [5.74, 6) is -0.0694. The Hall–Kier alpha value is -1.68. The Morgan fingerprint density at radius 3 is 2.75 bits per heavy atom. The van der Waals surface area contributed by atoms with Crippen LogP contribution in [-0.4, -0.2) is 20.9 Å². The molecule has 0 fully saturated rings. The van der Waals surface area contributed by atoms with E-state index >= 15 is 0 Å². The summed E-state index contributed by atoms with van der Waals surface area (Å²) < 4.78 is 1.91. The fourth-order valence-electron chi connectivity index (χ4n) is 1.65. The normalized spacial score (nSPS) is 12.0. The summed E-state index contributed by atoms with van der Waals surface area (Å²) in [5.41, 5.74) is 7.37. The largest absolute Gasteiger partial charge is 0.334 e. The molecule has 1 aromatic heterocycles. The quantitative estimate of drug-likeness (QED) is 0.775. The van der Waals surface area contributed by atoms with Gasteiger partial charge in [-0.15, -0.1) is 0 Å². The lowest BCUT2D eigenvalue weighted by Gasteiger charge is -2.16. The van der Waals surface area contributed by atoms with E-state index in [4.69, 9.17) is 5.73 Å². The van der Waals surface area contributed by atoms with E-state index in [1.54, 1.807) is 32.3 Å². The van der Waals surface area contributed by atoms with E-state index in [1.165, 1.54) is 0 Å². The molecular formula is C12H15N3O. The number of aromatic nitrogens is 2. The van der Waals surface area contributed by atoms with Crippen LogP contribution in [0.4, 0.5) is 0 Å². The van der Waals surface area contributed by atoms with E-state index in [9.17, 15) is 4.79 Å². The maximum Gasteiger partial charge on any atom is 0.182 e. The van der Waals surface area contributed by atoms with Gasteiger partial charge in [0.25, 0.3) is 0 Å². The topological polar surface area (TPSA) is 60.9 Å². The molecule has 0 saturated carbocycles. The first-order valence-electron chi connectivity index (χ1n) is 5.14. The van der Waals surface area contributed by atoms with Gasteiger partial charge in [0.15, 0.2) is 5.78 Å². The van der Waals surface area contributed by atoms with Gasteiger partial charge in [-0.25, -0.2) is 4.98 Å². The Balaban J connectivity index is 2.52. The highest BCUT2D eigenvalue weighted by atomic mass is 16.1. The van der Waals surface area contributed by atoms with Crippen molar-refractivity contribution in [2.24, 2.45) is 12.8 Å². The highest BCUT2D eigenvalue weighted by molar-refractivity contribution is 6.04. The minimum absolute atomic E-state index is 0.0694. The minimum Gasteiger partial charge on any atom is -0.334 e. The Morgan fingerprint density at radius 1 is 1.44 bits per heavy atom. The highest BCUT2D eigenvalue weighted by Gasteiger charge is 2.23. The average molecular weight is 217 g/mol. The van der Waals surface area contributed by atoms with Crippen molar-refractivity contribution < 1.29 is 4.79 Å². The number of Topliss-reactive ketones (excluding diaryl/α,β-unsaturated/α-hetero) is 1. The molecule has 4 heteroatoms. The summed E-state index contributed by atoms with van der Waals surface area (Å²) in [7, 11) is 1.92. The molecule has 0 atom stereocenters. The molecular weight excluding hydrogens is 202 g/mol. The van der Waals surface area contributed by atoms with Crippen LogP contribution in [0.1, 0.15) is 24.2 Å². The number of ketones is 1. The molecule has 0 aliphatic heterocycles. The van der Waals surface area contributed by atoms with Crippen LogP contribution in [0, 0.1) is 0 Å². The Morgan fingerprint density at radius 2 is 2.12 bits per heavy atom. The number of imidazole rings is 1. The van der Waals surface area contributed by atoms with Crippen molar-refractivity contribution in [2.75, 3.05) is 0 Å². The molecule has 0 radical (unpaired) electrons. The lowest BCUT2D eigenvalue weighted by Crippen LogP contribution is -2.41. The fourth-order valence-corrected chi connectivity index (χ4v) is 1.65. The molecule has 84 valence electrons. The number of aryl methyl sites for hydroxylation is 1. The summed E-state index contributed by atoms with van der Waals surface area (Å²) in [6.45, 7) is 3.41. The number of hydrogen-bond acceptors (Lipinski definition) is 3. The lowest BCUT2D eigenvalue weighted by molar-refractivity contribution is 0.0913. The molecule has 0 spiro atoms. The number of rotatable bonds is 2. The lowest BCUT2D eigenvalue weighted by atomic mass is 9.94. The van der Waals surface area contributed by atoms with Gasteiger partial charge in [0.05, 0.1) is 22.9 Å². The molecule has 1 aromatic carbocycles. The third-order valence-corrected chi connectivity index (χ3v) is 2.57. The van der Waals surface area contributed by atoms with Crippen LogP contribution in [0.3, 0.4) is 0 Å². The summed E-state index contributed by atoms with van der Waals surface area (Å²) in [4.78, 5) is 16.2. The number of nitrogens with zero attached hydrogens (tertiary/aromatic N) is 2. The van der Waals surface area contributed by atoms with Gasteiger partial charge in [0, 0.05) is 12.6 Å². The van der Waals surface area contributed by atoms with Crippen molar-refractivity contribution in [3.8, 4) is 0 Å². The zero-order valence-corrected chi connectivity index (χ0v) is 9.69. The highest BCUT2D eigenvalue weighted by Crippen LogP contribution is 2.17. The molecule has 2 N–H and O–H groups in total. The van der Waals surface area contributed by atoms with E-state index < -0.39 is 5.54 Å². The van der Waals surface area contributed by atoms with Crippen molar-refractivity contribution >= 4 is 16.8 Å². The fraction of sp³-hybridized carbons (Fsp3) is 0.333. The molecule has 2 rings (SSSR count). The van der Waals surface area contributed by atoms with Gasteiger partial charge in [-0.05, 0) is 32.0 Å². The Bertz CT molecular complexity index is 549. The number of hydrogen-bond donors (Lipinski definition) is 1. The Kier molecular flexibility index (Phi) is 2.31. The molecule has 16 heavy (non-hydrogen) atoms. The van der Waals surface area contributed by atoms with Crippen molar-refractivity contribution in [2.45, 2.75) is 19.4 Å². The van der Waals surface area contributed by atoms with Crippen LogP contribution in [0.2, 0.25) is 0 Å². The van der Waals surface area contributed by atoms with Crippen molar-refractivity contribution in [3.05, 3.63) is 30.1 Å². The number of carbonyl (C=O) groups excluding carboxylic acids is 1. The van der Waals surface area contributed by atoms with Gasteiger partial charge >= 0.3 is 0 Å². The van der Waals surface area contributed by atoms with Crippen LogP contribution in [0.15, 0.2) is 24.5 Å². The van der Waals surface area contributed by atoms with E-state index in [0.717, 1.165) is 11.0 Å². The van der Waals surface area contributed by atoms with Crippen molar-refractivity contribution in [3.63, 3.8) is 0 Å². The third-order valence-electron chi connectivity index (χ3n) is 2.57. The third kappa shape index (κ3) is 1.72. The maximum atomic E-state index is 12.0. The van der Waals surface area contributed by atoms with Crippen molar-refractivity contribution in [1.29, 1.82) is 0 Å². The smallest absolute Gasteiger partial charge is 0.182 e. The SMILES string of the molecule is Cn1cnc2cc(C(=O)C(C)(C)N)ccc21. The zero-order valence-electron chi connectivity index (χ0n) is 9.69. The average Bonchev–Trinajstić information content (AvgIpc) is 2.57. The minimum atomic E-state index is -0.845. The van der Waals surface area contributed by atoms with E-state index in [-0.39, 0.29) is 5.78 Å². The van der Waals surface area contributed by atoms with Crippen LogP contribution in [0.5, 0.6) is 0 Å². The molecule has 0 amide bonds. The number of fused-ring (bicyclic) bond motifs is 1. The summed E-state index contributed by atoms with van der Waals surface area (Å²) in [5, 5.41) is 0. The molecule has 2 aromatic rings. The molecule has 4 nitrogen and oxygen atoms in total. The monoisotopic (exact) mass is 217 g/mol. The molecule has 0 aliphatic carbocycles. The second-order valence-corrected chi connectivity index (χ2v) is 4.61. The maximum absolute atomic E-state index is 12.0. The molecule has 0 bridgehead atoms. The summed E-state index contributed by atoms with van der Waals surface area (Å²) >= 11 is 0. The first-order chi connectivity index (χ1) is 7.39. The van der Waals surface area contributed by atoms with Gasteiger partial charge in [-0.2, -0.15) is 0 Å². The van der Waals surface area contributed by atoms with E-state index in [0.29, 0.717) is 5.56 Å². The van der Waals surface area contributed by atoms with Gasteiger partial charge in [-0.1, -0.05) is 0 Å². The first-order valence-corrected chi connectivity index (χ1v) is 5.14. The molecule has 0 aliphatic rings. The van der Waals surface area contributed by atoms with Crippen LogP contribution in [0.25, 0.3) is 11.0 Å².